The van der Waals surface area contributed by atoms with Crippen molar-refractivity contribution < 1.29 is 4.79 Å². The van der Waals surface area contributed by atoms with Gasteiger partial charge in [0.1, 0.15) is 12.2 Å². The van der Waals surface area contributed by atoms with Crippen molar-refractivity contribution in [3.8, 4) is 6.07 Å². The fourth-order valence-electron chi connectivity index (χ4n) is 0.604. The number of nitrogens with one attached hydrogen (secondary N) is 1. The number of amides is 1. The zero-order valence-electron chi connectivity index (χ0n) is 6.93. The van der Waals surface area contributed by atoms with Crippen LogP contribution in [0.3, 0.4) is 0 Å². The average molecular weight is 180 g/mol. The lowest BCUT2D eigenvalue weighted by Gasteiger charge is -2.06. The summed E-state index contributed by atoms with van der Waals surface area (Å²) in [6, 6.07) is 1.79. The van der Waals surface area contributed by atoms with Crippen molar-refractivity contribution in [1.29, 1.82) is 5.26 Å². The minimum Gasteiger partial charge on any atom is -0.366 e. The first-order valence-electron chi connectivity index (χ1n) is 3.51. The molecule has 13 heavy (non-hydrogen) atoms. The molecule has 68 valence electrons. The first-order chi connectivity index (χ1) is 6.15. The molecule has 0 spiro atoms. The Morgan fingerprint density at radius 1 is 1.92 bits per heavy atom. The van der Waals surface area contributed by atoms with E-state index in [2.05, 4.69) is 15.6 Å². The number of carbonyl (C=O) groups is 1. The highest BCUT2D eigenvalue weighted by Gasteiger charge is 2.12. The lowest BCUT2D eigenvalue weighted by molar-refractivity contribution is -0.118. The molecule has 0 saturated heterocycles. The van der Waals surface area contributed by atoms with E-state index in [1.54, 1.807) is 6.07 Å². The topological polar surface area (TPSA) is 110 Å². The highest BCUT2D eigenvalue weighted by atomic mass is 16.2. The number of nitrogens with zero attached hydrogens (tertiary/aromatic N) is 4. The molecular weight excluding hydrogens is 172 g/mol. The van der Waals surface area contributed by atoms with E-state index in [0.29, 0.717) is 0 Å². The number of hydrogen-bond donors (Lipinski definition) is 2. The third-order valence-corrected chi connectivity index (χ3v) is 1.39. The molecular formula is C6H8N6O. The number of hydrogen-bond acceptors (Lipinski definition) is 5. The molecule has 1 heterocycles. The van der Waals surface area contributed by atoms with Crippen LogP contribution < -0.4 is 11.2 Å². The molecule has 0 radical (unpaired) electrons. The Hall–Kier alpha value is -2.10. The minimum atomic E-state index is -0.734. The summed E-state index contributed by atoms with van der Waals surface area (Å²) in [5, 5.41) is 15.3. The molecule has 3 N–H and O–H groups in total. The molecule has 1 aromatic rings. The summed E-state index contributed by atoms with van der Waals surface area (Å²) in [5.74, 6) is -1.12. The van der Waals surface area contributed by atoms with Crippen LogP contribution >= 0.6 is 0 Å². The van der Waals surface area contributed by atoms with Crippen molar-refractivity contribution in [3.63, 3.8) is 0 Å². The number of nitriles is 1. The molecule has 7 heteroatoms. The van der Waals surface area contributed by atoms with Gasteiger partial charge in [0.05, 0.1) is 6.07 Å². The van der Waals surface area contributed by atoms with E-state index >= 15 is 0 Å². The fraction of sp³-hybridized carbons (Fsp3) is 0.333. The van der Waals surface area contributed by atoms with Gasteiger partial charge in [-0.2, -0.15) is 5.26 Å². The van der Waals surface area contributed by atoms with Crippen LogP contribution in [0, 0.1) is 17.2 Å². The second-order valence-corrected chi connectivity index (χ2v) is 2.39. The van der Waals surface area contributed by atoms with E-state index < -0.39 is 11.8 Å². The van der Waals surface area contributed by atoms with Crippen LogP contribution in [0.1, 0.15) is 6.92 Å². The van der Waals surface area contributed by atoms with Gasteiger partial charge in [0.2, 0.25) is 5.95 Å². The lowest BCUT2D eigenvalue weighted by atomic mass is 10.2. The van der Waals surface area contributed by atoms with Gasteiger partial charge in [0, 0.05) is 0 Å². The van der Waals surface area contributed by atoms with Crippen LogP contribution in [-0.2, 0) is 4.79 Å². The van der Waals surface area contributed by atoms with Crippen molar-refractivity contribution in [1.82, 2.24) is 14.9 Å². The van der Waals surface area contributed by atoms with E-state index in [0.717, 1.165) is 4.68 Å². The second-order valence-electron chi connectivity index (χ2n) is 2.39. The molecule has 1 aromatic heterocycles. The normalized spacial score (nSPS) is 11.7. The molecule has 0 saturated carbocycles. The number of carbonyl (C=O) groups excluding carboxylic acids is 1. The minimum absolute atomic E-state index is 0.0680. The van der Waals surface area contributed by atoms with Crippen LogP contribution in [0.25, 0.3) is 0 Å². The Bertz CT molecular complexity index is 350. The second kappa shape index (κ2) is 3.53. The van der Waals surface area contributed by atoms with Crippen molar-refractivity contribution in [2.24, 2.45) is 5.92 Å². The zero-order valence-corrected chi connectivity index (χ0v) is 6.93. The van der Waals surface area contributed by atoms with Gasteiger partial charge in [-0.05, 0) is 6.92 Å². The Labute approximate surface area is 74.1 Å². The van der Waals surface area contributed by atoms with Crippen molar-refractivity contribution in [3.05, 3.63) is 6.33 Å². The summed E-state index contributed by atoms with van der Waals surface area (Å²) in [7, 11) is 0. The molecule has 1 atom stereocenters. The molecule has 0 aromatic carbocycles. The number of rotatable bonds is 2. The smallest absolute Gasteiger partial charge is 0.255 e. The Kier molecular flexibility index (Phi) is 2.44. The average Bonchev–Trinajstić information content (AvgIpc) is 2.50. The molecule has 0 bridgehead atoms. The largest absolute Gasteiger partial charge is 0.366 e. The van der Waals surface area contributed by atoms with Crippen molar-refractivity contribution in [2.75, 3.05) is 11.2 Å². The van der Waals surface area contributed by atoms with Crippen LogP contribution in [0.15, 0.2) is 6.33 Å². The maximum Gasteiger partial charge on any atom is 0.255 e. The number of anilines is 1. The maximum absolute atomic E-state index is 11.1. The highest BCUT2D eigenvalue weighted by Crippen LogP contribution is 1.96. The Morgan fingerprint density at radius 2 is 2.62 bits per heavy atom. The number of nitrogen functional groups attached to an aromatic ring is 1. The fourth-order valence-corrected chi connectivity index (χ4v) is 0.604. The van der Waals surface area contributed by atoms with E-state index in [-0.39, 0.29) is 5.95 Å². The molecule has 7 nitrogen and oxygen atoms in total. The Balaban J connectivity index is 2.66. The van der Waals surface area contributed by atoms with E-state index in [1.165, 1.54) is 13.3 Å². The monoisotopic (exact) mass is 180 g/mol. The molecule has 0 aliphatic heterocycles. The third-order valence-electron chi connectivity index (χ3n) is 1.39. The summed E-state index contributed by atoms with van der Waals surface area (Å²) in [4.78, 5) is 11.1. The van der Waals surface area contributed by atoms with Gasteiger partial charge < -0.3 is 5.73 Å². The van der Waals surface area contributed by atoms with E-state index in [4.69, 9.17) is 11.0 Å². The maximum atomic E-state index is 11.1. The molecule has 0 fully saturated rings. The van der Waals surface area contributed by atoms with Gasteiger partial charge in [-0.3, -0.25) is 10.2 Å². The molecule has 0 aliphatic carbocycles. The predicted molar refractivity (Wildman–Crippen MR) is 43.6 cm³/mol. The van der Waals surface area contributed by atoms with Crippen LogP contribution in [0.2, 0.25) is 0 Å². The third kappa shape index (κ3) is 1.93. The van der Waals surface area contributed by atoms with Gasteiger partial charge in [-0.1, -0.05) is 0 Å². The summed E-state index contributed by atoms with van der Waals surface area (Å²) in [5.41, 5.74) is 7.67. The van der Waals surface area contributed by atoms with Gasteiger partial charge in [0.25, 0.3) is 5.91 Å². The van der Waals surface area contributed by atoms with E-state index in [9.17, 15) is 4.79 Å². The SMILES string of the molecule is CC(C#N)C(=O)Nn1cnnc1N. The molecule has 1 unspecified atom stereocenters. The van der Waals surface area contributed by atoms with Gasteiger partial charge in [-0.25, -0.2) is 4.68 Å². The van der Waals surface area contributed by atoms with Crippen molar-refractivity contribution in [2.45, 2.75) is 6.92 Å². The van der Waals surface area contributed by atoms with Crippen LogP contribution in [0.5, 0.6) is 0 Å². The lowest BCUT2D eigenvalue weighted by Crippen LogP contribution is -2.27. The van der Waals surface area contributed by atoms with Gasteiger partial charge >= 0.3 is 0 Å². The first kappa shape index (κ1) is 8.99. The predicted octanol–water partition coefficient (Wildman–Crippen LogP) is -0.910. The number of aromatic nitrogens is 3. The molecule has 1 rings (SSSR count). The highest BCUT2D eigenvalue weighted by molar-refractivity contribution is 5.87. The molecule has 0 aliphatic rings. The zero-order chi connectivity index (χ0) is 9.84. The van der Waals surface area contributed by atoms with Gasteiger partial charge in [0.15, 0.2) is 0 Å². The van der Waals surface area contributed by atoms with Crippen LogP contribution in [-0.4, -0.2) is 20.8 Å². The van der Waals surface area contributed by atoms with Crippen LogP contribution in [0.4, 0.5) is 5.95 Å². The standard InChI is InChI=1S/C6H8N6O/c1-4(2-7)5(13)11-12-3-9-10-6(12)8/h3-4H,1H3,(H2,8,10)(H,11,13). The summed E-state index contributed by atoms with van der Waals surface area (Å²) in [6.45, 7) is 1.48. The Morgan fingerprint density at radius 3 is 3.08 bits per heavy atom. The van der Waals surface area contributed by atoms with Crippen molar-refractivity contribution >= 4 is 11.9 Å². The quantitative estimate of drug-likeness (QED) is 0.612. The summed E-state index contributed by atoms with van der Waals surface area (Å²) < 4.78 is 1.15. The van der Waals surface area contributed by atoms with E-state index in [1.807, 2.05) is 0 Å². The number of nitrogens with two attached hydrogens (primary N) is 1. The first-order valence-corrected chi connectivity index (χ1v) is 3.51. The summed E-state index contributed by atoms with van der Waals surface area (Å²) >= 11 is 0. The molecule has 1 amide bonds. The summed E-state index contributed by atoms with van der Waals surface area (Å²) in [6.07, 6.45) is 1.25. The van der Waals surface area contributed by atoms with Gasteiger partial charge in [-0.15, -0.1) is 10.2 Å².